The summed E-state index contributed by atoms with van der Waals surface area (Å²) < 4.78 is 10.8. The molecule has 0 aliphatic heterocycles. The Morgan fingerprint density at radius 1 is 0.862 bits per heavy atom. The topological polar surface area (TPSA) is 41.9 Å². The van der Waals surface area contributed by atoms with Crippen LogP contribution in [0.2, 0.25) is 0 Å². The van der Waals surface area contributed by atoms with E-state index in [-0.39, 0.29) is 0 Å². The lowest BCUT2D eigenvalue weighted by atomic mass is 10.0. The second kappa shape index (κ2) is 9.77. The number of aliphatic hydroxyl groups is 1. The van der Waals surface area contributed by atoms with Crippen LogP contribution >= 0.6 is 0 Å². The second-order valence-electron chi connectivity index (χ2n) is 7.70. The summed E-state index contributed by atoms with van der Waals surface area (Å²) in [5, 5.41) is 13.1. The lowest BCUT2D eigenvalue weighted by Crippen LogP contribution is -2.32. The first-order valence-electron chi connectivity index (χ1n) is 10.1. The van der Waals surface area contributed by atoms with Crippen molar-refractivity contribution in [3.8, 4) is 11.5 Å². The standard InChI is InChI=1S/C25H31NO3/c1-18(2)26(17-19-13-23(28-3)16-24(14-19)29-4)12-11-25(27)22-10-9-20-7-5-6-8-21(20)15-22/h5-10,13-16,18,25,27H,11-12,17H2,1-4H3. The summed E-state index contributed by atoms with van der Waals surface area (Å²) in [6.07, 6.45) is 0.193. The Morgan fingerprint density at radius 3 is 2.14 bits per heavy atom. The van der Waals surface area contributed by atoms with Crippen molar-refractivity contribution in [2.75, 3.05) is 20.8 Å². The number of rotatable bonds is 9. The highest BCUT2D eigenvalue weighted by Gasteiger charge is 2.15. The summed E-state index contributed by atoms with van der Waals surface area (Å²) in [6, 6.07) is 20.8. The number of benzene rings is 3. The Kier molecular flexibility index (Phi) is 7.13. The fourth-order valence-corrected chi connectivity index (χ4v) is 3.58. The highest BCUT2D eigenvalue weighted by atomic mass is 16.5. The van der Waals surface area contributed by atoms with Gasteiger partial charge in [0.25, 0.3) is 0 Å². The van der Waals surface area contributed by atoms with Gasteiger partial charge < -0.3 is 14.6 Å². The minimum atomic E-state index is -0.485. The van der Waals surface area contributed by atoms with E-state index in [4.69, 9.17) is 9.47 Å². The second-order valence-corrected chi connectivity index (χ2v) is 7.70. The molecule has 1 N–H and O–H groups in total. The fraction of sp³-hybridized carbons (Fsp3) is 0.360. The van der Waals surface area contributed by atoms with E-state index in [9.17, 15) is 5.11 Å². The Morgan fingerprint density at radius 2 is 1.52 bits per heavy atom. The van der Waals surface area contributed by atoms with Gasteiger partial charge in [0.15, 0.2) is 0 Å². The van der Waals surface area contributed by atoms with Gasteiger partial charge in [-0.05, 0) is 60.4 Å². The molecule has 0 fully saturated rings. The monoisotopic (exact) mass is 393 g/mol. The zero-order chi connectivity index (χ0) is 20.8. The van der Waals surface area contributed by atoms with Gasteiger partial charge in [0, 0.05) is 25.2 Å². The van der Waals surface area contributed by atoms with E-state index in [1.807, 2.05) is 36.4 Å². The van der Waals surface area contributed by atoms with E-state index in [0.717, 1.165) is 41.1 Å². The minimum Gasteiger partial charge on any atom is -0.497 e. The largest absolute Gasteiger partial charge is 0.497 e. The number of methoxy groups -OCH3 is 2. The summed E-state index contributed by atoms with van der Waals surface area (Å²) in [6.45, 7) is 5.93. The predicted octanol–water partition coefficient (Wildman–Crippen LogP) is 5.19. The molecule has 1 unspecified atom stereocenters. The van der Waals surface area contributed by atoms with Crippen molar-refractivity contribution in [2.45, 2.75) is 39.0 Å². The predicted molar refractivity (Wildman–Crippen MR) is 119 cm³/mol. The van der Waals surface area contributed by atoms with E-state index in [2.05, 4.69) is 43.0 Å². The average molecular weight is 394 g/mol. The van der Waals surface area contributed by atoms with Gasteiger partial charge in [-0.2, -0.15) is 0 Å². The normalized spacial score (nSPS) is 12.5. The molecule has 3 aromatic carbocycles. The zero-order valence-corrected chi connectivity index (χ0v) is 17.8. The number of ether oxygens (including phenoxy) is 2. The summed E-state index contributed by atoms with van der Waals surface area (Å²) >= 11 is 0. The molecule has 4 heteroatoms. The Balaban J connectivity index is 1.68. The molecule has 0 spiro atoms. The van der Waals surface area contributed by atoms with Crippen LogP contribution in [0.25, 0.3) is 10.8 Å². The summed E-state index contributed by atoms with van der Waals surface area (Å²) in [7, 11) is 3.33. The molecule has 0 heterocycles. The highest BCUT2D eigenvalue weighted by molar-refractivity contribution is 5.83. The fourth-order valence-electron chi connectivity index (χ4n) is 3.58. The number of aliphatic hydroxyl groups excluding tert-OH is 1. The molecule has 0 aliphatic carbocycles. The molecule has 0 amide bonds. The lowest BCUT2D eigenvalue weighted by Gasteiger charge is -2.28. The molecule has 154 valence electrons. The number of fused-ring (bicyclic) bond motifs is 1. The number of nitrogens with zero attached hydrogens (tertiary/aromatic N) is 1. The van der Waals surface area contributed by atoms with Crippen LogP contribution in [-0.4, -0.2) is 36.8 Å². The smallest absolute Gasteiger partial charge is 0.122 e. The van der Waals surface area contributed by atoms with Gasteiger partial charge in [0.2, 0.25) is 0 Å². The van der Waals surface area contributed by atoms with Crippen molar-refractivity contribution < 1.29 is 14.6 Å². The van der Waals surface area contributed by atoms with E-state index in [1.54, 1.807) is 14.2 Å². The van der Waals surface area contributed by atoms with Crippen LogP contribution in [-0.2, 0) is 6.54 Å². The molecule has 0 aliphatic rings. The van der Waals surface area contributed by atoms with Crippen LogP contribution in [0.1, 0.15) is 37.5 Å². The lowest BCUT2D eigenvalue weighted by molar-refractivity contribution is 0.127. The van der Waals surface area contributed by atoms with Crippen molar-refractivity contribution in [3.05, 3.63) is 71.8 Å². The van der Waals surface area contributed by atoms with Gasteiger partial charge in [-0.15, -0.1) is 0 Å². The maximum atomic E-state index is 10.8. The molecule has 0 radical (unpaired) electrons. The molecule has 0 saturated carbocycles. The van der Waals surface area contributed by atoms with Crippen LogP contribution in [0, 0.1) is 0 Å². The third kappa shape index (κ3) is 5.49. The Hall–Kier alpha value is -2.56. The Bertz CT molecular complexity index is 916. The SMILES string of the molecule is COc1cc(CN(CCC(O)c2ccc3ccccc3c2)C(C)C)cc(OC)c1. The molecule has 0 aromatic heterocycles. The quantitative estimate of drug-likeness (QED) is 0.543. The first-order valence-corrected chi connectivity index (χ1v) is 10.1. The summed E-state index contributed by atoms with van der Waals surface area (Å²) in [5.74, 6) is 1.58. The average Bonchev–Trinajstić information content (AvgIpc) is 2.75. The summed E-state index contributed by atoms with van der Waals surface area (Å²) in [4.78, 5) is 2.36. The van der Waals surface area contributed by atoms with Crippen molar-refractivity contribution >= 4 is 10.8 Å². The third-order valence-electron chi connectivity index (χ3n) is 5.38. The first kappa shape index (κ1) is 21.2. The number of hydrogen-bond acceptors (Lipinski definition) is 4. The minimum absolute atomic E-state index is 0.357. The zero-order valence-electron chi connectivity index (χ0n) is 17.8. The van der Waals surface area contributed by atoms with Gasteiger partial charge >= 0.3 is 0 Å². The van der Waals surface area contributed by atoms with Gasteiger partial charge in [-0.25, -0.2) is 0 Å². The molecule has 3 rings (SSSR count). The first-order chi connectivity index (χ1) is 14.0. The highest BCUT2D eigenvalue weighted by Crippen LogP contribution is 2.26. The van der Waals surface area contributed by atoms with E-state index in [1.165, 1.54) is 5.39 Å². The van der Waals surface area contributed by atoms with Crippen molar-refractivity contribution in [1.29, 1.82) is 0 Å². The van der Waals surface area contributed by atoms with Gasteiger partial charge in [-0.3, -0.25) is 4.90 Å². The maximum absolute atomic E-state index is 10.8. The molecule has 4 nitrogen and oxygen atoms in total. The number of hydrogen-bond donors (Lipinski definition) is 1. The van der Waals surface area contributed by atoms with E-state index in [0.29, 0.717) is 12.5 Å². The molecule has 0 bridgehead atoms. The third-order valence-corrected chi connectivity index (χ3v) is 5.38. The van der Waals surface area contributed by atoms with Gasteiger partial charge in [0.05, 0.1) is 20.3 Å². The molecule has 29 heavy (non-hydrogen) atoms. The van der Waals surface area contributed by atoms with E-state index >= 15 is 0 Å². The van der Waals surface area contributed by atoms with Gasteiger partial charge in [-0.1, -0.05) is 36.4 Å². The van der Waals surface area contributed by atoms with Gasteiger partial charge in [0.1, 0.15) is 11.5 Å². The molecule has 1 atom stereocenters. The van der Waals surface area contributed by atoms with Crippen molar-refractivity contribution in [1.82, 2.24) is 4.90 Å². The molecular weight excluding hydrogens is 362 g/mol. The molecule has 3 aromatic rings. The van der Waals surface area contributed by atoms with Crippen LogP contribution in [0.15, 0.2) is 60.7 Å². The van der Waals surface area contributed by atoms with Crippen LogP contribution in [0.5, 0.6) is 11.5 Å². The maximum Gasteiger partial charge on any atom is 0.122 e. The van der Waals surface area contributed by atoms with Crippen molar-refractivity contribution in [3.63, 3.8) is 0 Å². The molecular formula is C25H31NO3. The molecule has 0 saturated heterocycles. The summed E-state index contributed by atoms with van der Waals surface area (Å²) in [5.41, 5.74) is 2.10. The van der Waals surface area contributed by atoms with Crippen LogP contribution in [0.3, 0.4) is 0 Å². The van der Waals surface area contributed by atoms with Crippen LogP contribution < -0.4 is 9.47 Å². The van der Waals surface area contributed by atoms with E-state index < -0.39 is 6.10 Å². The Labute approximate surface area is 173 Å². The van der Waals surface area contributed by atoms with Crippen molar-refractivity contribution in [2.24, 2.45) is 0 Å². The van der Waals surface area contributed by atoms with Crippen LogP contribution in [0.4, 0.5) is 0 Å².